The monoisotopic (exact) mass is 356 g/mol. The van der Waals surface area contributed by atoms with Crippen LogP contribution in [0.2, 0.25) is 0 Å². The fourth-order valence-electron chi connectivity index (χ4n) is 2.18. The molecule has 0 N–H and O–H groups in total. The quantitative estimate of drug-likeness (QED) is 0.394. The highest BCUT2D eigenvalue weighted by Gasteiger charge is 2.20. The SMILES string of the molecule is CCCCOc1ccc(F)cc1[C@H](COC(=O)CCC)OCCOC. The molecule has 0 heterocycles. The average Bonchev–Trinajstić information content (AvgIpc) is 2.60. The van der Waals surface area contributed by atoms with Gasteiger partial charge in [-0.15, -0.1) is 0 Å². The van der Waals surface area contributed by atoms with Crippen LogP contribution in [0.3, 0.4) is 0 Å². The molecule has 0 radical (unpaired) electrons. The number of hydrogen-bond acceptors (Lipinski definition) is 5. The van der Waals surface area contributed by atoms with Gasteiger partial charge in [0.2, 0.25) is 0 Å². The van der Waals surface area contributed by atoms with Gasteiger partial charge in [-0.05, 0) is 31.0 Å². The Morgan fingerprint density at radius 1 is 1.16 bits per heavy atom. The van der Waals surface area contributed by atoms with Crippen molar-refractivity contribution < 1.29 is 28.1 Å². The maximum Gasteiger partial charge on any atom is 0.305 e. The Morgan fingerprint density at radius 3 is 2.64 bits per heavy atom. The van der Waals surface area contributed by atoms with Crippen LogP contribution in [-0.4, -0.2) is 39.5 Å². The smallest absolute Gasteiger partial charge is 0.305 e. The normalized spacial score (nSPS) is 12.0. The molecule has 6 heteroatoms. The van der Waals surface area contributed by atoms with Crippen molar-refractivity contribution in [2.75, 3.05) is 33.5 Å². The van der Waals surface area contributed by atoms with Crippen LogP contribution in [0.1, 0.15) is 51.2 Å². The standard InChI is InChI=1S/C19H29FO5/c1-4-6-10-23-17-9-8-15(20)13-16(17)18(24-12-11-22-3)14-25-19(21)7-5-2/h8-9,13,18H,4-7,10-12,14H2,1-3H3/t18-/m0/s1. The van der Waals surface area contributed by atoms with Crippen molar-refractivity contribution in [3.8, 4) is 5.75 Å². The van der Waals surface area contributed by atoms with Crippen LogP contribution in [0.4, 0.5) is 4.39 Å². The lowest BCUT2D eigenvalue weighted by Gasteiger charge is -2.21. The number of carbonyl (C=O) groups is 1. The van der Waals surface area contributed by atoms with E-state index in [2.05, 4.69) is 6.92 Å². The van der Waals surface area contributed by atoms with Gasteiger partial charge < -0.3 is 18.9 Å². The van der Waals surface area contributed by atoms with Crippen LogP contribution in [0.15, 0.2) is 18.2 Å². The first-order valence-electron chi connectivity index (χ1n) is 8.80. The number of rotatable bonds is 13. The van der Waals surface area contributed by atoms with E-state index in [4.69, 9.17) is 18.9 Å². The van der Waals surface area contributed by atoms with Crippen molar-refractivity contribution in [2.24, 2.45) is 0 Å². The van der Waals surface area contributed by atoms with Gasteiger partial charge in [0, 0.05) is 19.1 Å². The number of hydrogen-bond donors (Lipinski definition) is 0. The number of unbranched alkanes of at least 4 members (excludes halogenated alkanes) is 1. The minimum atomic E-state index is -0.608. The largest absolute Gasteiger partial charge is 0.493 e. The summed E-state index contributed by atoms with van der Waals surface area (Å²) in [4.78, 5) is 11.7. The fraction of sp³-hybridized carbons (Fsp3) is 0.632. The molecule has 0 aromatic heterocycles. The van der Waals surface area contributed by atoms with E-state index in [-0.39, 0.29) is 12.6 Å². The molecule has 5 nitrogen and oxygen atoms in total. The molecule has 1 aromatic carbocycles. The highest BCUT2D eigenvalue weighted by molar-refractivity contribution is 5.69. The summed E-state index contributed by atoms with van der Waals surface area (Å²) in [7, 11) is 1.57. The van der Waals surface area contributed by atoms with E-state index >= 15 is 0 Å². The summed E-state index contributed by atoms with van der Waals surface area (Å²) >= 11 is 0. The molecule has 0 saturated carbocycles. The number of methoxy groups -OCH3 is 1. The molecule has 0 aliphatic carbocycles. The lowest BCUT2D eigenvalue weighted by atomic mass is 10.1. The topological polar surface area (TPSA) is 54.0 Å². The van der Waals surface area contributed by atoms with Crippen molar-refractivity contribution in [2.45, 2.75) is 45.6 Å². The second kappa shape index (κ2) is 12.7. The summed E-state index contributed by atoms with van der Waals surface area (Å²) in [6, 6.07) is 4.30. The third kappa shape index (κ3) is 8.31. The second-order valence-corrected chi connectivity index (χ2v) is 5.67. The van der Waals surface area contributed by atoms with Crippen LogP contribution in [0.25, 0.3) is 0 Å². The minimum Gasteiger partial charge on any atom is -0.493 e. The highest BCUT2D eigenvalue weighted by Crippen LogP contribution is 2.29. The van der Waals surface area contributed by atoms with Crippen LogP contribution in [-0.2, 0) is 19.0 Å². The van der Waals surface area contributed by atoms with Crippen LogP contribution in [0.5, 0.6) is 5.75 Å². The lowest BCUT2D eigenvalue weighted by molar-refractivity contribution is -0.148. The molecule has 0 bridgehead atoms. The number of ether oxygens (including phenoxy) is 4. The summed E-state index contributed by atoms with van der Waals surface area (Å²) in [6.07, 6.45) is 2.34. The minimum absolute atomic E-state index is 0.0101. The molecule has 142 valence electrons. The first kappa shape index (κ1) is 21.4. The van der Waals surface area contributed by atoms with Gasteiger partial charge in [0.25, 0.3) is 0 Å². The summed E-state index contributed by atoms with van der Waals surface area (Å²) in [6.45, 7) is 5.21. The van der Waals surface area contributed by atoms with Gasteiger partial charge in [-0.2, -0.15) is 0 Å². The van der Waals surface area contributed by atoms with Gasteiger partial charge in [0.15, 0.2) is 0 Å². The molecule has 0 aliphatic heterocycles. The number of carbonyl (C=O) groups excluding carboxylic acids is 1. The molecule has 0 amide bonds. The maximum absolute atomic E-state index is 13.8. The molecule has 1 rings (SSSR count). The Balaban J connectivity index is 2.89. The molecule has 25 heavy (non-hydrogen) atoms. The van der Waals surface area contributed by atoms with E-state index in [1.807, 2.05) is 6.92 Å². The van der Waals surface area contributed by atoms with Gasteiger partial charge in [-0.25, -0.2) is 4.39 Å². The maximum atomic E-state index is 13.8. The highest BCUT2D eigenvalue weighted by atomic mass is 19.1. The average molecular weight is 356 g/mol. The van der Waals surface area contributed by atoms with Crippen LogP contribution < -0.4 is 4.74 Å². The van der Waals surface area contributed by atoms with Gasteiger partial charge in [-0.1, -0.05) is 20.3 Å². The first-order valence-corrected chi connectivity index (χ1v) is 8.80. The Bertz CT molecular complexity index is 507. The predicted octanol–water partition coefficient (Wildman–Crippen LogP) is 4.05. The van der Waals surface area contributed by atoms with Gasteiger partial charge in [-0.3, -0.25) is 4.79 Å². The molecule has 1 atom stereocenters. The van der Waals surface area contributed by atoms with E-state index in [1.54, 1.807) is 13.2 Å². The van der Waals surface area contributed by atoms with Crippen molar-refractivity contribution >= 4 is 5.97 Å². The molecule has 0 aliphatic rings. The third-order valence-electron chi connectivity index (χ3n) is 3.53. The number of esters is 1. The van der Waals surface area contributed by atoms with Crippen LogP contribution >= 0.6 is 0 Å². The second-order valence-electron chi connectivity index (χ2n) is 5.67. The van der Waals surface area contributed by atoms with Crippen LogP contribution in [0, 0.1) is 5.82 Å². The Kier molecular flexibility index (Phi) is 10.8. The molecule has 0 saturated heterocycles. The first-order chi connectivity index (χ1) is 12.1. The molecular formula is C19H29FO5. The zero-order valence-electron chi connectivity index (χ0n) is 15.4. The predicted molar refractivity (Wildman–Crippen MR) is 93.2 cm³/mol. The molecular weight excluding hydrogens is 327 g/mol. The molecule has 0 spiro atoms. The van der Waals surface area contributed by atoms with Crippen molar-refractivity contribution in [3.63, 3.8) is 0 Å². The van der Waals surface area contributed by atoms with Crippen molar-refractivity contribution in [3.05, 3.63) is 29.6 Å². The molecule has 0 fully saturated rings. The van der Waals surface area contributed by atoms with Gasteiger partial charge in [0.1, 0.15) is 24.3 Å². The third-order valence-corrected chi connectivity index (χ3v) is 3.53. The summed E-state index contributed by atoms with van der Waals surface area (Å²) < 4.78 is 35.5. The number of halogens is 1. The van der Waals surface area contributed by atoms with Crippen molar-refractivity contribution in [1.29, 1.82) is 0 Å². The number of benzene rings is 1. The zero-order valence-corrected chi connectivity index (χ0v) is 15.4. The Labute approximate surface area is 149 Å². The Hall–Kier alpha value is -1.66. The molecule has 1 aromatic rings. The summed E-state index contributed by atoms with van der Waals surface area (Å²) in [5.74, 6) is -0.144. The van der Waals surface area contributed by atoms with E-state index < -0.39 is 11.9 Å². The fourth-order valence-corrected chi connectivity index (χ4v) is 2.18. The summed E-state index contributed by atoms with van der Waals surface area (Å²) in [5, 5.41) is 0. The Morgan fingerprint density at radius 2 is 1.96 bits per heavy atom. The summed E-state index contributed by atoms with van der Waals surface area (Å²) in [5.41, 5.74) is 0.538. The van der Waals surface area contributed by atoms with E-state index in [9.17, 15) is 9.18 Å². The van der Waals surface area contributed by atoms with Gasteiger partial charge >= 0.3 is 5.97 Å². The van der Waals surface area contributed by atoms with Crippen molar-refractivity contribution in [1.82, 2.24) is 0 Å². The van der Waals surface area contributed by atoms with Gasteiger partial charge in [0.05, 0.1) is 19.8 Å². The lowest BCUT2D eigenvalue weighted by Crippen LogP contribution is -2.18. The van der Waals surface area contributed by atoms with E-state index in [0.29, 0.717) is 44.0 Å². The van der Waals surface area contributed by atoms with E-state index in [1.165, 1.54) is 12.1 Å². The molecule has 0 unspecified atom stereocenters. The van der Waals surface area contributed by atoms with E-state index in [0.717, 1.165) is 12.8 Å². The zero-order chi connectivity index (χ0) is 18.5.